The number of nitrogens with zero attached hydrogens (tertiary/aromatic N) is 2. The summed E-state index contributed by atoms with van der Waals surface area (Å²) in [5, 5.41) is 1.32. The fraction of sp³-hybridized carbons (Fsp3) is 0.0145. The van der Waals surface area contributed by atoms with Gasteiger partial charge in [-0.3, -0.25) is 0 Å². The van der Waals surface area contributed by atoms with E-state index in [9.17, 15) is 0 Å². The number of anilines is 6. The molecule has 11 aromatic carbocycles. The first kappa shape index (κ1) is 41.9. The second-order valence-corrected chi connectivity index (χ2v) is 19.8. The lowest BCUT2D eigenvalue weighted by Crippen LogP contribution is -2.25. The normalized spacial score (nSPS) is 13.9. The Morgan fingerprint density at radius 1 is 0.264 bits per heavy atom. The van der Waals surface area contributed by atoms with E-state index in [1.807, 2.05) is 11.3 Å². The molecule has 1 unspecified atom stereocenters. The second kappa shape index (κ2) is 17.1. The molecule has 0 fully saturated rings. The largest absolute Gasteiger partial charge is 0.311 e. The lowest BCUT2D eigenvalue weighted by atomic mass is 9.73. The highest BCUT2D eigenvalue weighted by Gasteiger charge is 2.54. The van der Waals surface area contributed by atoms with Crippen molar-refractivity contribution in [1.29, 1.82) is 0 Å². The summed E-state index contributed by atoms with van der Waals surface area (Å²) in [5.74, 6) is 0. The molecule has 2 nitrogen and oxygen atoms in total. The van der Waals surface area contributed by atoms with Crippen molar-refractivity contribution in [3.8, 4) is 55.6 Å². The van der Waals surface area contributed by atoms with E-state index in [-0.39, 0.29) is 0 Å². The van der Waals surface area contributed by atoms with Crippen molar-refractivity contribution in [2.45, 2.75) is 5.41 Å². The fourth-order valence-corrected chi connectivity index (χ4v) is 13.2. The highest BCUT2D eigenvalue weighted by molar-refractivity contribution is 7.20. The molecule has 0 N–H and O–H groups in total. The highest BCUT2D eigenvalue weighted by Crippen LogP contribution is 2.67. The van der Waals surface area contributed by atoms with Crippen LogP contribution in [0.15, 0.2) is 279 Å². The van der Waals surface area contributed by atoms with Gasteiger partial charge in [0, 0.05) is 54.7 Å². The first-order chi connectivity index (χ1) is 35.7. The van der Waals surface area contributed by atoms with Crippen LogP contribution >= 0.6 is 11.3 Å². The van der Waals surface area contributed by atoms with E-state index in [1.165, 1.54) is 87.3 Å². The quantitative estimate of drug-likeness (QED) is 0.142. The van der Waals surface area contributed by atoms with E-state index in [0.29, 0.717) is 0 Å². The van der Waals surface area contributed by atoms with Crippen molar-refractivity contribution >= 4 is 55.5 Å². The minimum atomic E-state index is -0.500. The molecule has 1 atom stereocenters. The molecule has 2 aliphatic carbocycles. The Morgan fingerprint density at radius 2 is 0.681 bits per heavy atom. The number of hydrogen-bond donors (Lipinski definition) is 0. The van der Waals surface area contributed by atoms with Gasteiger partial charge in [0.2, 0.25) is 0 Å². The molecule has 1 spiro atoms. The van der Waals surface area contributed by atoms with Gasteiger partial charge in [-0.05, 0) is 152 Å². The van der Waals surface area contributed by atoms with Crippen molar-refractivity contribution in [3.63, 3.8) is 0 Å². The van der Waals surface area contributed by atoms with Gasteiger partial charge >= 0.3 is 0 Å². The van der Waals surface area contributed by atoms with Crippen molar-refractivity contribution in [3.05, 3.63) is 301 Å². The molecule has 14 rings (SSSR count). The number of para-hydroxylation sites is 3. The molecule has 72 heavy (non-hydrogen) atoms. The summed E-state index contributed by atoms with van der Waals surface area (Å²) in [4.78, 5) is 6.08. The van der Waals surface area contributed by atoms with Crippen LogP contribution in [0.3, 0.4) is 0 Å². The summed E-state index contributed by atoms with van der Waals surface area (Å²) in [5.41, 5.74) is 22.8. The van der Waals surface area contributed by atoms with Crippen molar-refractivity contribution in [2.24, 2.45) is 0 Å². The van der Waals surface area contributed by atoms with Gasteiger partial charge in [-0.25, -0.2) is 0 Å². The van der Waals surface area contributed by atoms with Gasteiger partial charge in [0.25, 0.3) is 0 Å². The second-order valence-electron chi connectivity index (χ2n) is 18.8. The average Bonchev–Trinajstić information content (AvgIpc) is 4.09. The molecule has 0 saturated carbocycles. The van der Waals surface area contributed by atoms with Crippen molar-refractivity contribution < 1.29 is 0 Å². The van der Waals surface area contributed by atoms with Crippen molar-refractivity contribution in [1.82, 2.24) is 0 Å². The molecule has 0 saturated heterocycles. The van der Waals surface area contributed by atoms with E-state index in [4.69, 9.17) is 0 Å². The topological polar surface area (TPSA) is 6.48 Å². The first-order valence-electron chi connectivity index (χ1n) is 24.7. The van der Waals surface area contributed by atoms with Gasteiger partial charge in [0.15, 0.2) is 0 Å². The van der Waals surface area contributed by atoms with E-state index in [1.54, 1.807) is 0 Å². The molecule has 0 bridgehead atoms. The summed E-state index contributed by atoms with van der Waals surface area (Å²) < 4.78 is 1.32. The molecule has 12 aromatic rings. The Kier molecular flexibility index (Phi) is 9.97. The first-order valence-corrected chi connectivity index (χ1v) is 25.6. The zero-order chi connectivity index (χ0) is 47.6. The van der Waals surface area contributed by atoms with E-state index in [2.05, 4.69) is 289 Å². The lowest BCUT2D eigenvalue weighted by Gasteiger charge is -2.30. The monoisotopic (exact) mass is 934 g/mol. The molecule has 1 heterocycles. The average molecular weight is 935 g/mol. The third-order valence-corrected chi connectivity index (χ3v) is 16.2. The number of thiophene rings is 1. The predicted octanol–water partition coefficient (Wildman–Crippen LogP) is 19.2. The third kappa shape index (κ3) is 6.62. The summed E-state index contributed by atoms with van der Waals surface area (Å²) >= 11 is 1.96. The number of hydrogen-bond acceptors (Lipinski definition) is 3. The van der Waals surface area contributed by atoms with E-state index >= 15 is 0 Å². The molecular formula is C69H46N2S. The van der Waals surface area contributed by atoms with Crippen LogP contribution in [-0.4, -0.2) is 0 Å². The third-order valence-electron chi connectivity index (χ3n) is 14.9. The van der Waals surface area contributed by atoms with Gasteiger partial charge < -0.3 is 9.80 Å². The Morgan fingerprint density at radius 3 is 1.28 bits per heavy atom. The Hall–Kier alpha value is -9.02. The van der Waals surface area contributed by atoms with Gasteiger partial charge in [-0.2, -0.15) is 0 Å². The Bertz CT molecular complexity index is 3900. The maximum Gasteiger partial charge on any atom is 0.0819 e. The summed E-state index contributed by atoms with van der Waals surface area (Å²) in [6.07, 6.45) is 0. The Balaban J connectivity index is 0.895. The van der Waals surface area contributed by atoms with Crippen LogP contribution in [0.25, 0.3) is 65.7 Å². The standard InChI is InChI=1S/C69H46N2S/c1-5-18-47(19-6-1)48-32-39-55(40-33-48)71(54-24-11-4-12-25-54)56-41-34-49(35-42-56)51-38-45-60-64(46-51)69(68-67(60)61-27-14-16-31-65(61)72-68)62-29-15-13-26-59(62)66-58(28-17-30-63(66)69)50-36-43-57(44-37-50)70(52-20-7-2-8-21-52)53-22-9-3-10-23-53/h1-46H. The maximum absolute atomic E-state index is 2.51. The van der Waals surface area contributed by atoms with Crippen molar-refractivity contribution in [2.75, 3.05) is 9.80 Å². The van der Waals surface area contributed by atoms with Crippen LogP contribution in [0.1, 0.15) is 21.6 Å². The zero-order valence-electron chi connectivity index (χ0n) is 39.4. The van der Waals surface area contributed by atoms with Crippen LogP contribution in [0.4, 0.5) is 34.1 Å². The van der Waals surface area contributed by atoms with Crippen LogP contribution in [0.5, 0.6) is 0 Å². The molecule has 338 valence electrons. The minimum Gasteiger partial charge on any atom is -0.311 e. The van der Waals surface area contributed by atoms with Crippen LogP contribution in [0.2, 0.25) is 0 Å². The number of fused-ring (bicyclic) bond motifs is 12. The molecule has 0 amide bonds. The predicted molar refractivity (Wildman–Crippen MR) is 304 cm³/mol. The molecule has 2 aliphatic rings. The summed E-state index contributed by atoms with van der Waals surface area (Å²) in [7, 11) is 0. The molecular weight excluding hydrogens is 889 g/mol. The molecule has 0 radical (unpaired) electrons. The van der Waals surface area contributed by atoms with Crippen LogP contribution in [0, 0.1) is 0 Å². The zero-order valence-corrected chi connectivity index (χ0v) is 40.2. The van der Waals surface area contributed by atoms with Gasteiger partial charge in [-0.1, -0.05) is 194 Å². The lowest BCUT2D eigenvalue weighted by molar-refractivity contribution is 0.812. The maximum atomic E-state index is 2.51. The fourth-order valence-electron chi connectivity index (χ4n) is 11.7. The molecule has 1 aromatic heterocycles. The van der Waals surface area contributed by atoms with Crippen LogP contribution in [-0.2, 0) is 5.41 Å². The van der Waals surface area contributed by atoms with Gasteiger partial charge in [0.1, 0.15) is 0 Å². The van der Waals surface area contributed by atoms with Gasteiger partial charge in [0.05, 0.1) is 5.41 Å². The smallest absolute Gasteiger partial charge is 0.0819 e. The number of rotatable bonds is 9. The van der Waals surface area contributed by atoms with Gasteiger partial charge in [-0.15, -0.1) is 11.3 Å². The Labute approximate surface area is 424 Å². The summed E-state index contributed by atoms with van der Waals surface area (Å²) in [6.45, 7) is 0. The van der Waals surface area contributed by atoms with Crippen LogP contribution < -0.4 is 9.80 Å². The molecule has 0 aliphatic heterocycles. The van der Waals surface area contributed by atoms with E-state index < -0.39 is 5.41 Å². The minimum absolute atomic E-state index is 0.500. The number of benzene rings is 11. The summed E-state index contributed by atoms with van der Waals surface area (Å²) in [6, 6.07) is 102. The SMILES string of the molecule is c1ccc(-c2ccc(N(c3ccccc3)c3ccc(-c4ccc5c(c4)C4(c6ccccc6-c6c(-c7ccc(N(c8ccccc8)c8ccccc8)cc7)cccc64)c4sc6ccccc6c4-5)cc3)cc2)cc1. The highest BCUT2D eigenvalue weighted by atomic mass is 32.1. The van der Waals surface area contributed by atoms with E-state index in [0.717, 1.165) is 34.1 Å². The molecule has 3 heteroatoms.